The van der Waals surface area contributed by atoms with E-state index < -0.39 is 5.60 Å². The van der Waals surface area contributed by atoms with Crippen molar-refractivity contribution in [1.29, 1.82) is 0 Å². The average molecular weight is 596 g/mol. The van der Waals surface area contributed by atoms with Gasteiger partial charge >= 0.3 is 6.09 Å². The van der Waals surface area contributed by atoms with Gasteiger partial charge in [0.25, 0.3) is 0 Å². The van der Waals surface area contributed by atoms with E-state index in [1.54, 1.807) is 10.8 Å². The van der Waals surface area contributed by atoms with E-state index in [1.165, 1.54) is 11.9 Å². The summed E-state index contributed by atoms with van der Waals surface area (Å²) in [5.41, 5.74) is 4.24. The molecular formula is C32H37N9O3. The predicted molar refractivity (Wildman–Crippen MR) is 165 cm³/mol. The molecule has 2 saturated heterocycles. The fraction of sp³-hybridized carbons (Fsp3) is 0.406. The molecule has 5 aromatic rings. The van der Waals surface area contributed by atoms with Gasteiger partial charge in [0, 0.05) is 48.8 Å². The molecule has 0 saturated carbocycles. The third kappa shape index (κ3) is 5.77. The van der Waals surface area contributed by atoms with Crippen LogP contribution in [0.4, 0.5) is 16.3 Å². The van der Waals surface area contributed by atoms with Gasteiger partial charge in [-0.05, 0) is 94.8 Å². The summed E-state index contributed by atoms with van der Waals surface area (Å²) in [5, 5.41) is 15.2. The van der Waals surface area contributed by atoms with Gasteiger partial charge in [-0.15, -0.1) is 0 Å². The lowest BCUT2D eigenvalue weighted by atomic mass is 9.97. The molecule has 12 nitrogen and oxygen atoms in total. The molecule has 1 aromatic carbocycles. The highest BCUT2D eigenvalue weighted by Crippen LogP contribution is 2.38. The van der Waals surface area contributed by atoms with Crippen molar-refractivity contribution in [3.63, 3.8) is 0 Å². The van der Waals surface area contributed by atoms with Crippen LogP contribution in [0.3, 0.4) is 0 Å². The maximum Gasteiger partial charge on any atom is 0.407 e. The van der Waals surface area contributed by atoms with Crippen LogP contribution < -0.4 is 15.4 Å². The largest absolute Gasteiger partial charge is 0.457 e. The number of carbonyl (C=O) groups excluding carboxylic acids is 1. The number of anilines is 2. The standard InChI is InChI=1S/C32H37N9O3/c1-20-13-22(5-8-27(20)43-26-10-12-40-28(16-26)33-18-35-40)37-30-29-21(9-11-41(29)36-19-34-30)17-39-24-6-7-25(39)15-23(14-24)38-31(42)44-32(2,3)4/h5,8-13,16,18-19,23-25H,6-7,14-15,17H2,1-4H3,(H,38,42)(H,34,36,37)/t23?,24-,25+. The Balaban J connectivity index is 1.05. The summed E-state index contributed by atoms with van der Waals surface area (Å²) in [5.74, 6) is 2.21. The third-order valence-electron chi connectivity index (χ3n) is 8.41. The minimum Gasteiger partial charge on any atom is -0.457 e. The van der Waals surface area contributed by atoms with E-state index in [0.717, 1.165) is 66.2 Å². The molecule has 0 spiro atoms. The molecule has 1 unspecified atom stereocenters. The van der Waals surface area contributed by atoms with E-state index in [2.05, 4.69) is 47.8 Å². The zero-order valence-corrected chi connectivity index (χ0v) is 25.4. The minimum atomic E-state index is -0.503. The van der Waals surface area contributed by atoms with Crippen LogP contribution >= 0.6 is 0 Å². The van der Waals surface area contributed by atoms with Crippen LogP contribution in [0.5, 0.6) is 11.5 Å². The molecule has 2 aliphatic heterocycles. The summed E-state index contributed by atoms with van der Waals surface area (Å²) in [6, 6.07) is 12.8. The number of nitrogens with one attached hydrogen (secondary N) is 2. The van der Waals surface area contributed by atoms with Crippen molar-refractivity contribution in [2.24, 2.45) is 0 Å². The number of piperidine rings is 1. The Labute approximate surface area is 255 Å². The van der Waals surface area contributed by atoms with Crippen LogP contribution in [0.25, 0.3) is 11.2 Å². The Morgan fingerprint density at radius 2 is 1.73 bits per heavy atom. The lowest BCUT2D eigenvalue weighted by Gasteiger charge is -2.39. The maximum absolute atomic E-state index is 12.4. The highest BCUT2D eigenvalue weighted by molar-refractivity contribution is 5.77. The molecule has 1 amide bonds. The molecule has 228 valence electrons. The van der Waals surface area contributed by atoms with Gasteiger partial charge in [-0.3, -0.25) is 4.90 Å². The van der Waals surface area contributed by atoms with Crippen molar-refractivity contribution in [2.45, 2.75) is 83.6 Å². The Hall–Kier alpha value is -4.71. The summed E-state index contributed by atoms with van der Waals surface area (Å²) in [4.78, 5) is 23.9. The quantitative estimate of drug-likeness (QED) is 0.246. The van der Waals surface area contributed by atoms with Crippen molar-refractivity contribution in [1.82, 2.24) is 39.4 Å². The van der Waals surface area contributed by atoms with Crippen molar-refractivity contribution >= 4 is 28.8 Å². The third-order valence-corrected chi connectivity index (χ3v) is 8.41. The number of pyridine rings is 1. The number of carbonyl (C=O) groups is 1. The second-order valence-corrected chi connectivity index (χ2v) is 12.7. The second kappa shape index (κ2) is 11.1. The number of fused-ring (bicyclic) bond motifs is 4. The number of aromatic nitrogens is 6. The zero-order valence-electron chi connectivity index (χ0n) is 25.4. The summed E-state index contributed by atoms with van der Waals surface area (Å²) in [6.45, 7) is 8.49. The number of rotatable bonds is 7. The molecule has 4 aromatic heterocycles. The van der Waals surface area contributed by atoms with Gasteiger partial charge in [0.2, 0.25) is 0 Å². The summed E-state index contributed by atoms with van der Waals surface area (Å²) >= 11 is 0. The van der Waals surface area contributed by atoms with Crippen molar-refractivity contribution in [2.75, 3.05) is 5.32 Å². The van der Waals surface area contributed by atoms with Crippen molar-refractivity contribution in [3.8, 4) is 11.5 Å². The van der Waals surface area contributed by atoms with Crippen LogP contribution in [-0.4, -0.2) is 63.9 Å². The van der Waals surface area contributed by atoms with Crippen molar-refractivity contribution in [3.05, 3.63) is 72.6 Å². The Bertz CT molecular complexity index is 1810. The van der Waals surface area contributed by atoms with Gasteiger partial charge in [0.1, 0.15) is 35.3 Å². The van der Waals surface area contributed by atoms with Crippen LogP contribution in [0.15, 0.2) is 61.4 Å². The molecule has 7 rings (SSSR count). The smallest absolute Gasteiger partial charge is 0.407 e. The van der Waals surface area contributed by atoms with Gasteiger partial charge in [-0.2, -0.15) is 10.2 Å². The van der Waals surface area contributed by atoms with E-state index in [0.29, 0.717) is 17.8 Å². The van der Waals surface area contributed by atoms with Gasteiger partial charge in [-0.1, -0.05) is 0 Å². The molecular weight excluding hydrogens is 558 g/mol. The lowest BCUT2D eigenvalue weighted by molar-refractivity contribution is 0.0437. The fourth-order valence-corrected chi connectivity index (χ4v) is 6.52. The van der Waals surface area contributed by atoms with E-state index >= 15 is 0 Å². The van der Waals surface area contributed by atoms with Gasteiger partial charge in [0.15, 0.2) is 11.5 Å². The Kier molecular flexibility index (Phi) is 7.08. The van der Waals surface area contributed by atoms with E-state index in [-0.39, 0.29) is 12.1 Å². The predicted octanol–water partition coefficient (Wildman–Crippen LogP) is 5.64. The molecule has 2 bridgehead atoms. The van der Waals surface area contributed by atoms with Crippen LogP contribution in [0.1, 0.15) is 57.6 Å². The number of alkyl carbamates (subject to hydrolysis) is 1. The molecule has 2 fully saturated rings. The molecule has 3 atom stereocenters. The van der Waals surface area contributed by atoms with E-state index in [9.17, 15) is 4.79 Å². The molecule has 0 aliphatic carbocycles. The zero-order chi connectivity index (χ0) is 30.4. The van der Waals surface area contributed by atoms with Gasteiger partial charge < -0.3 is 20.1 Å². The molecule has 0 radical (unpaired) electrons. The first-order valence-electron chi connectivity index (χ1n) is 15.1. The maximum atomic E-state index is 12.4. The first-order valence-corrected chi connectivity index (χ1v) is 15.1. The summed E-state index contributed by atoms with van der Waals surface area (Å²) < 4.78 is 15.2. The monoisotopic (exact) mass is 595 g/mol. The second-order valence-electron chi connectivity index (χ2n) is 12.7. The molecule has 12 heteroatoms. The number of amides is 1. The lowest BCUT2D eigenvalue weighted by Crippen LogP contribution is -2.50. The Morgan fingerprint density at radius 3 is 2.50 bits per heavy atom. The highest BCUT2D eigenvalue weighted by atomic mass is 16.6. The SMILES string of the molecule is Cc1cc(Nc2ncnn3ccc(CN4[C@@H]5CC[C@H]4CC(NC(=O)OC(C)(C)C)C5)c23)ccc1Oc1ccn2ncnc2c1. The number of aryl methyl sites for hydroxylation is 1. The summed E-state index contributed by atoms with van der Waals surface area (Å²) in [7, 11) is 0. The molecule has 2 N–H and O–H groups in total. The van der Waals surface area contributed by atoms with Crippen molar-refractivity contribution < 1.29 is 14.3 Å². The number of hydrogen-bond donors (Lipinski definition) is 2. The fourth-order valence-electron chi connectivity index (χ4n) is 6.52. The van der Waals surface area contributed by atoms with Crippen LogP contribution in [-0.2, 0) is 11.3 Å². The van der Waals surface area contributed by atoms with Crippen LogP contribution in [0, 0.1) is 6.92 Å². The number of hydrogen-bond acceptors (Lipinski definition) is 9. The van der Waals surface area contributed by atoms with Gasteiger partial charge in [0.05, 0.1) is 0 Å². The first-order chi connectivity index (χ1) is 21.2. The highest BCUT2D eigenvalue weighted by Gasteiger charge is 2.41. The number of benzene rings is 1. The first kappa shape index (κ1) is 28.1. The van der Waals surface area contributed by atoms with E-state index in [4.69, 9.17) is 9.47 Å². The molecule has 44 heavy (non-hydrogen) atoms. The average Bonchev–Trinajstić information content (AvgIpc) is 3.66. The van der Waals surface area contributed by atoms with Crippen LogP contribution in [0.2, 0.25) is 0 Å². The molecule has 6 heterocycles. The summed E-state index contributed by atoms with van der Waals surface area (Å²) in [6.07, 6.45) is 10.7. The van der Waals surface area contributed by atoms with Gasteiger partial charge in [-0.25, -0.2) is 23.8 Å². The Morgan fingerprint density at radius 1 is 0.977 bits per heavy atom. The van der Waals surface area contributed by atoms with E-state index in [1.807, 2.05) is 68.9 Å². The number of nitrogens with zero attached hydrogens (tertiary/aromatic N) is 7. The normalized spacial score (nSPS) is 20.2. The molecule has 2 aliphatic rings. The number of ether oxygens (including phenoxy) is 2. The topological polar surface area (TPSA) is 123 Å². The minimum absolute atomic E-state index is 0.130.